The van der Waals surface area contributed by atoms with Crippen molar-refractivity contribution < 1.29 is 0 Å². The normalized spacial score (nSPS) is 13.5. The van der Waals surface area contributed by atoms with Gasteiger partial charge in [0.2, 0.25) is 0 Å². The molecule has 4 heteroatoms. The Balaban J connectivity index is 1.14. The second kappa shape index (κ2) is 10.3. The quantitative estimate of drug-likeness (QED) is 0.175. The fourth-order valence-electron chi connectivity index (χ4n) is 9.19. The Hall–Kier alpha value is -6.49. The highest BCUT2D eigenvalue weighted by atomic mass is 32.1. The summed E-state index contributed by atoms with van der Waals surface area (Å²) in [4.78, 5) is 15.7. The Kier molecular flexibility index (Phi) is 5.58. The molecule has 0 atom stereocenters. The molecule has 12 rings (SSSR count). The van der Waals surface area contributed by atoms with Crippen molar-refractivity contribution in [1.82, 2.24) is 15.0 Å². The van der Waals surface area contributed by atoms with E-state index < -0.39 is 5.41 Å². The van der Waals surface area contributed by atoms with Crippen molar-refractivity contribution in [3.8, 4) is 45.3 Å². The Labute approximate surface area is 303 Å². The Bertz CT molecular complexity index is 3080. The van der Waals surface area contributed by atoms with Gasteiger partial charge >= 0.3 is 0 Å². The van der Waals surface area contributed by atoms with Crippen molar-refractivity contribution in [2.75, 3.05) is 0 Å². The summed E-state index contributed by atoms with van der Waals surface area (Å²) < 4.78 is 2.45. The molecule has 0 saturated carbocycles. The molecule has 2 heterocycles. The highest BCUT2D eigenvalue weighted by molar-refractivity contribution is 7.26. The molecule has 2 aliphatic carbocycles. The highest BCUT2D eigenvalue weighted by Gasteiger charge is 2.50. The lowest BCUT2D eigenvalue weighted by atomic mass is 9.70. The smallest absolute Gasteiger partial charge is 0.165 e. The number of nitrogens with zero attached hydrogens (tertiary/aromatic N) is 3. The van der Waals surface area contributed by atoms with Crippen molar-refractivity contribution in [2.24, 2.45) is 0 Å². The SMILES string of the molecule is c1ccc(-c2nc(-c3ccc4c(c3)C3(c5ccccc5-4)c4cccc5ccc6cccc3c6c45)nc(-c3cccc4c3sc3ccccc34)n2)cc1. The van der Waals surface area contributed by atoms with E-state index in [0.717, 1.165) is 16.7 Å². The van der Waals surface area contributed by atoms with Gasteiger partial charge in [-0.3, -0.25) is 0 Å². The van der Waals surface area contributed by atoms with Gasteiger partial charge in [-0.15, -0.1) is 11.3 Å². The zero-order valence-electron chi connectivity index (χ0n) is 27.8. The molecule has 10 aromatic rings. The summed E-state index contributed by atoms with van der Waals surface area (Å²) in [5, 5.41) is 7.75. The Morgan fingerprint density at radius 3 is 1.79 bits per heavy atom. The van der Waals surface area contributed by atoms with Crippen LogP contribution in [0.4, 0.5) is 0 Å². The summed E-state index contributed by atoms with van der Waals surface area (Å²) in [6.07, 6.45) is 0. The molecule has 2 aromatic heterocycles. The first-order valence-corrected chi connectivity index (χ1v) is 18.5. The van der Waals surface area contributed by atoms with Crippen LogP contribution in [0.25, 0.3) is 87.0 Å². The number of benzene rings is 8. The van der Waals surface area contributed by atoms with Crippen LogP contribution in [0.1, 0.15) is 22.3 Å². The summed E-state index contributed by atoms with van der Waals surface area (Å²) in [5.74, 6) is 2.02. The van der Waals surface area contributed by atoms with Gasteiger partial charge in [0.25, 0.3) is 0 Å². The van der Waals surface area contributed by atoms with E-state index in [1.54, 1.807) is 11.3 Å². The van der Waals surface area contributed by atoms with Crippen LogP contribution < -0.4 is 0 Å². The molecule has 0 unspecified atom stereocenters. The lowest BCUT2D eigenvalue weighted by Crippen LogP contribution is -2.26. The molecular formula is C48H27N3S. The zero-order chi connectivity index (χ0) is 34.0. The van der Waals surface area contributed by atoms with Gasteiger partial charge in [-0.2, -0.15) is 0 Å². The van der Waals surface area contributed by atoms with Gasteiger partial charge in [-0.05, 0) is 73.1 Å². The summed E-state index contributed by atoms with van der Waals surface area (Å²) in [5.41, 5.74) is 10.3. The number of rotatable bonds is 3. The van der Waals surface area contributed by atoms with Crippen molar-refractivity contribution in [3.63, 3.8) is 0 Å². The van der Waals surface area contributed by atoms with Crippen LogP contribution in [-0.2, 0) is 5.41 Å². The lowest BCUT2D eigenvalue weighted by Gasteiger charge is -2.31. The number of thiophene rings is 1. The van der Waals surface area contributed by atoms with Gasteiger partial charge in [0.05, 0.1) is 5.41 Å². The first kappa shape index (κ1) is 28.2. The van der Waals surface area contributed by atoms with Crippen molar-refractivity contribution in [1.29, 1.82) is 0 Å². The maximum atomic E-state index is 5.31. The molecule has 0 aliphatic heterocycles. The molecule has 3 nitrogen and oxygen atoms in total. The third-order valence-electron chi connectivity index (χ3n) is 11.3. The van der Waals surface area contributed by atoms with E-state index in [1.807, 2.05) is 18.2 Å². The largest absolute Gasteiger partial charge is 0.208 e. The van der Waals surface area contributed by atoms with Gasteiger partial charge < -0.3 is 0 Å². The predicted molar refractivity (Wildman–Crippen MR) is 215 cm³/mol. The number of aromatic nitrogens is 3. The molecule has 0 amide bonds. The third kappa shape index (κ3) is 3.61. The number of hydrogen-bond donors (Lipinski definition) is 0. The Morgan fingerprint density at radius 2 is 0.981 bits per heavy atom. The summed E-state index contributed by atoms with van der Waals surface area (Å²) in [7, 11) is 0. The van der Waals surface area contributed by atoms with E-state index in [1.165, 1.54) is 75.1 Å². The van der Waals surface area contributed by atoms with Crippen molar-refractivity contribution in [2.45, 2.75) is 5.41 Å². The molecule has 2 aliphatic rings. The van der Waals surface area contributed by atoms with E-state index in [2.05, 4.69) is 146 Å². The third-order valence-corrected chi connectivity index (χ3v) is 12.5. The van der Waals surface area contributed by atoms with Crippen LogP contribution in [0.15, 0.2) is 164 Å². The molecule has 0 bridgehead atoms. The van der Waals surface area contributed by atoms with Gasteiger partial charge in [-0.1, -0.05) is 146 Å². The Morgan fingerprint density at radius 1 is 0.385 bits per heavy atom. The van der Waals surface area contributed by atoms with Gasteiger partial charge in [0.1, 0.15) is 0 Å². The summed E-state index contributed by atoms with van der Waals surface area (Å²) >= 11 is 1.80. The average molecular weight is 678 g/mol. The molecule has 0 saturated heterocycles. The van der Waals surface area contributed by atoms with Crippen molar-refractivity contribution >= 4 is 53.1 Å². The minimum absolute atomic E-state index is 0.453. The van der Waals surface area contributed by atoms with Crippen molar-refractivity contribution in [3.05, 3.63) is 186 Å². The van der Waals surface area contributed by atoms with Crippen LogP contribution in [0, 0.1) is 0 Å². The number of fused-ring (bicyclic) bond motifs is 10. The monoisotopic (exact) mass is 677 g/mol. The average Bonchev–Trinajstić information content (AvgIpc) is 3.85. The predicted octanol–water partition coefficient (Wildman–Crippen LogP) is 12.2. The molecule has 240 valence electrons. The molecule has 0 fully saturated rings. The van der Waals surface area contributed by atoms with E-state index in [-0.39, 0.29) is 0 Å². The zero-order valence-corrected chi connectivity index (χ0v) is 28.7. The fourth-order valence-corrected chi connectivity index (χ4v) is 10.4. The van der Waals surface area contributed by atoms with Gasteiger partial charge in [0.15, 0.2) is 17.5 Å². The fraction of sp³-hybridized carbons (Fsp3) is 0.0208. The van der Waals surface area contributed by atoms with Crippen LogP contribution in [-0.4, -0.2) is 15.0 Å². The lowest BCUT2D eigenvalue weighted by molar-refractivity contribution is 0.797. The highest BCUT2D eigenvalue weighted by Crippen LogP contribution is 2.62. The molecule has 8 aromatic carbocycles. The van der Waals surface area contributed by atoms with E-state index in [4.69, 9.17) is 15.0 Å². The van der Waals surface area contributed by atoms with Crippen LogP contribution in [0.3, 0.4) is 0 Å². The van der Waals surface area contributed by atoms with E-state index in [0.29, 0.717) is 17.5 Å². The maximum Gasteiger partial charge on any atom is 0.165 e. The standard InChI is InChI=1S/C48H27N3S/c1-2-11-30(12-3-1)45-49-46(51-47(50-45)36-18-10-17-35-34-16-5-7-22-41(34)52-44(35)36)31-25-26-33-32-15-4-6-19-37(32)48(40(33)27-31)38-20-8-13-28-23-24-29-14-9-21-39(48)43(29)42(28)38/h1-27H. The molecule has 0 radical (unpaired) electrons. The van der Waals surface area contributed by atoms with Crippen LogP contribution >= 0.6 is 11.3 Å². The van der Waals surface area contributed by atoms with Crippen LogP contribution in [0.2, 0.25) is 0 Å². The maximum absolute atomic E-state index is 5.31. The molecule has 1 spiro atoms. The summed E-state index contributed by atoms with van der Waals surface area (Å²) in [6.45, 7) is 0. The summed E-state index contributed by atoms with van der Waals surface area (Å²) in [6, 6.07) is 59.4. The second-order valence-corrected chi connectivity index (χ2v) is 14.9. The molecule has 52 heavy (non-hydrogen) atoms. The second-order valence-electron chi connectivity index (χ2n) is 13.9. The first-order chi connectivity index (χ1) is 25.8. The molecular weight excluding hydrogens is 651 g/mol. The van der Waals surface area contributed by atoms with Gasteiger partial charge in [0, 0.05) is 36.9 Å². The van der Waals surface area contributed by atoms with Gasteiger partial charge in [-0.25, -0.2) is 15.0 Å². The van der Waals surface area contributed by atoms with E-state index >= 15 is 0 Å². The minimum atomic E-state index is -0.453. The minimum Gasteiger partial charge on any atom is -0.208 e. The van der Waals surface area contributed by atoms with Crippen LogP contribution in [0.5, 0.6) is 0 Å². The molecule has 0 N–H and O–H groups in total. The van der Waals surface area contributed by atoms with E-state index in [9.17, 15) is 0 Å². The topological polar surface area (TPSA) is 38.7 Å². The number of hydrogen-bond acceptors (Lipinski definition) is 4. The first-order valence-electron chi connectivity index (χ1n) is 17.7.